The summed E-state index contributed by atoms with van der Waals surface area (Å²) in [6.07, 6.45) is 0.864. The largest absolute Gasteiger partial charge is 0.497 e. The van der Waals surface area contributed by atoms with Crippen LogP contribution in [0.15, 0.2) is 95.3 Å². The highest BCUT2D eigenvalue weighted by molar-refractivity contribution is 7.12. The highest BCUT2D eigenvalue weighted by atomic mass is 32.1. The van der Waals surface area contributed by atoms with Gasteiger partial charge in [0.25, 0.3) is 5.91 Å². The number of hydrogen-bond donors (Lipinski definition) is 0. The van der Waals surface area contributed by atoms with E-state index in [1.54, 1.807) is 30.2 Å². The van der Waals surface area contributed by atoms with E-state index >= 15 is 0 Å². The number of carbonyl (C=O) groups is 2. The fourth-order valence-corrected chi connectivity index (χ4v) is 6.26. The van der Waals surface area contributed by atoms with E-state index < -0.39 is 17.8 Å². The summed E-state index contributed by atoms with van der Waals surface area (Å²) < 4.78 is 19.9. The van der Waals surface area contributed by atoms with Gasteiger partial charge in [-0.25, -0.2) is 4.39 Å². The summed E-state index contributed by atoms with van der Waals surface area (Å²) in [6.45, 7) is 0. The molecule has 5 nitrogen and oxygen atoms in total. The van der Waals surface area contributed by atoms with Crippen LogP contribution in [0, 0.1) is 11.7 Å². The molecule has 190 valence electrons. The summed E-state index contributed by atoms with van der Waals surface area (Å²) in [6, 6.07) is 24.3. The first-order valence-electron chi connectivity index (χ1n) is 12.5. The molecule has 2 heterocycles. The van der Waals surface area contributed by atoms with Crippen LogP contribution < -0.4 is 9.64 Å². The molecular formula is C31H25FN2O3S. The Bertz CT molecular complexity index is 1530. The first-order chi connectivity index (χ1) is 18.5. The van der Waals surface area contributed by atoms with Crippen LogP contribution in [0.1, 0.15) is 45.6 Å². The van der Waals surface area contributed by atoms with Crippen molar-refractivity contribution in [2.45, 2.75) is 24.8 Å². The number of carbonyl (C=O) groups excluding carboxylic acids is 2. The number of fused-ring (bicyclic) bond motifs is 2. The Balaban J connectivity index is 1.51. The zero-order valence-corrected chi connectivity index (χ0v) is 21.5. The third kappa shape index (κ3) is 4.33. The van der Waals surface area contributed by atoms with Crippen LogP contribution in [-0.2, 0) is 4.79 Å². The van der Waals surface area contributed by atoms with Crippen LogP contribution in [0.3, 0.4) is 0 Å². The van der Waals surface area contributed by atoms with Gasteiger partial charge in [0.15, 0.2) is 0 Å². The second-order valence-corrected chi connectivity index (χ2v) is 10.5. The first-order valence-corrected chi connectivity index (χ1v) is 13.4. The van der Waals surface area contributed by atoms with Gasteiger partial charge in [-0.3, -0.25) is 19.5 Å². The highest BCUT2D eigenvalue weighted by Crippen LogP contribution is 2.48. The average Bonchev–Trinajstić information content (AvgIpc) is 3.43. The monoisotopic (exact) mass is 524 g/mol. The lowest BCUT2D eigenvalue weighted by atomic mass is 9.72. The maximum atomic E-state index is 14.6. The van der Waals surface area contributed by atoms with Gasteiger partial charge < -0.3 is 4.74 Å². The van der Waals surface area contributed by atoms with Crippen LogP contribution in [0.25, 0.3) is 0 Å². The Morgan fingerprint density at radius 1 is 0.974 bits per heavy atom. The van der Waals surface area contributed by atoms with E-state index in [1.807, 2.05) is 60.0 Å². The number of anilines is 1. The summed E-state index contributed by atoms with van der Waals surface area (Å²) in [5.74, 6) is -0.652. The second kappa shape index (κ2) is 9.99. The van der Waals surface area contributed by atoms with E-state index in [4.69, 9.17) is 9.73 Å². The van der Waals surface area contributed by atoms with Crippen molar-refractivity contribution in [3.63, 3.8) is 0 Å². The van der Waals surface area contributed by atoms with Crippen LogP contribution in [-0.4, -0.2) is 24.5 Å². The Morgan fingerprint density at radius 2 is 1.79 bits per heavy atom. The third-order valence-corrected chi connectivity index (χ3v) is 8.19. The van der Waals surface area contributed by atoms with Gasteiger partial charge in [0.1, 0.15) is 17.3 Å². The molecule has 3 atom stereocenters. The smallest absolute Gasteiger partial charge is 0.269 e. The lowest BCUT2D eigenvalue weighted by Gasteiger charge is -2.38. The van der Waals surface area contributed by atoms with Crippen molar-refractivity contribution in [2.24, 2.45) is 10.9 Å². The Hall–Kier alpha value is -4.10. The molecule has 38 heavy (non-hydrogen) atoms. The molecule has 1 amide bonds. The minimum absolute atomic E-state index is 0.0122. The standard InChI is InChI=1S/C31H25FN2O3S/c1-37-23-13-11-19(12-14-23)21-17-25-29(27(35)18-21)30(20-6-4-7-22(32)16-20)34(31(36)28-10-5-15-38-28)26-9-3-2-8-24(26)33-25/h2-16,21,29-30H,17-18H2,1H3. The number of hydrogen-bond acceptors (Lipinski definition) is 5. The van der Waals surface area contributed by atoms with E-state index in [9.17, 15) is 14.0 Å². The number of para-hydroxylation sites is 2. The van der Waals surface area contributed by atoms with Gasteiger partial charge >= 0.3 is 0 Å². The molecule has 6 rings (SSSR count). The van der Waals surface area contributed by atoms with Crippen molar-refractivity contribution in [2.75, 3.05) is 12.0 Å². The molecule has 0 bridgehead atoms. The van der Waals surface area contributed by atoms with Gasteiger partial charge in [-0.2, -0.15) is 0 Å². The summed E-state index contributed by atoms with van der Waals surface area (Å²) in [5.41, 5.74) is 3.55. The predicted octanol–water partition coefficient (Wildman–Crippen LogP) is 7.13. The van der Waals surface area contributed by atoms with E-state index in [0.717, 1.165) is 11.3 Å². The number of ether oxygens (including phenoxy) is 1. The molecule has 0 saturated heterocycles. The molecule has 1 saturated carbocycles. The SMILES string of the molecule is COc1ccc(C2CC(=O)C3C(=Nc4ccccc4N(C(=O)c4cccs4)C3c3cccc(F)c3)C2)cc1. The molecule has 7 heteroatoms. The van der Waals surface area contributed by atoms with Crippen LogP contribution >= 0.6 is 11.3 Å². The second-order valence-electron chi connectivity index (χ2n) is 9.57. The molecule has 1 aromatic heterocycles. The maximum absolute atomic E-state index is 14.6. The molecule has 1 fully saturated rings. The average molecular weight is 525 g/mol. The first kappa shape index (κ1) is 24.2. The number of Topliss-reactive ketones (excluding diaryl/α,β-unsaturated/α-hetero) is 1. The normalized spacial score (nSPS) is 20.7. The summed E-state index contributed by atoms with van der Waals surface area (Å²) in [5, 5.41) is 1.85. The molecule has 1 aliphatic carbocycles. The summed E-state index contributed by atoms with van der Waals surface area (Å²) in [4.78, 5) is 35.3. The van der Waals surface area contributed by atoms with Crippen LogP contribution in [0.2, 0.25) is 0 Å². The molecule has 3 aromatic carbocycles. The van der Waals surface area contributed by atoms with Crippen molar-refractivity contribution >= 4 is 40.1 Å². The number of aliphatic imine (C=N–C) groups is 1. The Labute approximate surface area is 224 Å². The van der Waals surface area contributed by atoms with Gasteiger partial charge in [-0.1, -0.05) is 42.5 Å². The molecule has 4 aromatic rings. The van der Waals surface area contributed by atoms with Crippen molar-refractivity contribution in [3.8, 4) is 5.75 Å². The van der Waals surface area contributed by atoms with Crippen molar-refractivity contribution in [3.05, 3.63) is 112 Å². The number of benzene rings is 3. The van der Waals surface area contributed by atoms with E-state index in [0.29, 0.717) is 40.4 Å². The third-order valence-electron chi connectivity index (χ3n) is 7.34. The van der Waals surface area contributed by atoms with Crippen molar-refractivity contribution in [1.82, 2.24) is 0 Å². The summed E-state index contributed by atoms with van der Waals surface area (Å²) >= 11 is 1.34. The lowest BCUT2D eigenvalue weighted by molar-refractivity contribution is -0.122. The molecule has 1 aliphatic heterocycles. The quantitative estimate of drug-likeness (QED) is 0.285. The van der Waals surface area contributed by atoms with Gasteiger partial charge in [0.2, 0.25) is 0 Å². The lowest BCUT2D eigenvalue weighted by Crippen LogP contribution is -2.45. The van der Waals surface area contributed by atoms with E-state index in [2.05, 4.69) is 0 Å². The van der Waals surface area contributed by atoms with Crippen molar-refractivity contribution in [1.29, 1.82) is 0 Å². The topological polar surface area (TPSA) is 59.0 Å². The number of ketones is 1. The zero-order valence-electron chi connectivity index (χ0n) is 20.7. The highest BCUT2D eigenvalue weighted by Gasteiger charge is 2.46. The number of rotatable bonds is 4. The van der Waals surface area contributed by atoms with Crippen LogP contribution in [0.4, 0.5) is 15.8 Å². The van der Waals surface area contributed by atoms with Gasteiger partial charge in [-0.05, 0) is 71.3 Å². The van der Waals surface area contributed by atoms with Gasteiger partial charge in [0.05, 0.1) is 35.3 Å². The molecule has 2 aliphatic rings. The molecular weight excluding hydrogens is 499 g/mol. The molecule has 0 N–H and O–H groups in total. The van der Waals surface area contributed by atoms with Gasteiger partial charge in [0, 0.05) is 12.1 Å². The molecule has 0 spiro atoms. The Morgan fingerprint density at radius 3 is 2.53 bits per heavy atom. The number of methoxy groups -OCH3 is 1. The van der Waals surface area contributed by atoms with Crippen molar-refractivity contribution < 1.29 is 18.7 Å². The number of halogens is 1. The number of amides is 1. The van der Waals surface area contributed by atoms with E-state index in [-0.39, 0.29) is 17.6 Å². The Kier molecular flexibility index (Phi) is 6.37. The summed E-state index contributed by atoms with van der Waals surface area (Å²) in [7, 11) is 1.62. The van der Waals surface area contributed by atoms with Crippen LogP contribution in [0.5, 0.6) is 5.75 Å². The predicted molar refractivity (Wildman–Crippen MR) is 147 cm³/mol. The fourth-order valence-electron chi connectivity index (χ4n) is 5.60. The fraction of sp³-hybridized carbons (Fsp3) is 0.194. The zero-order chi connectivity index (χ0) is 26.2. The van der Waals surface area contributed by atoms with Gasteiger partial charge in [-0.15, -0.1) is 11.3 Å². The number of nitrogens with zero attached hydrogens (tertiary/aromatic N) is 2. The minimum Gasteiger partial charge on any atom is -0.497 e. The maximum Gasteiger partial charge on any atom is 0.269 e. The van der Waals surface area contributed by atoms with E-state index in [1.165, 1.54) is 23.5 Å². The molecule has 0 radical (unpaired) electrons. The molecule has 3 unspecified atom stereocenters. The minimum atomic E-state index is -0.730. The number of thiophene rings is 1.